The van der Waals surface area contributed by atoms with Crippen molar-refractivity contribution in [3.05, 3.63) is 23.2 Å². The number of halogens is 1. The van der Waals surface area contributed by atoms with Crippen molar-refractivity contribution in [3.63, 3.8) is 0 Å². The van der Waals surface area contributed by atoms with E-state index < -0.39 is 0 Å². The van der Waals surface area contributed by atoms with Gasteiger partial charge in [0, 0.05) is 30.9 Å². The van der Waals surface area contributed by atoms with E-state index in [-0.39, 0.29) is 0 Å². The molecule has 0 aliphatic heterocycles. The Kier molecular flexibility index (Phi) is 2.82. The van der Waals surface area contributed by atoms with Gasteiger partial charge in [-0.1, -0.05) is 11.6 Å². The second kappa shape index (κ2) is 3.68. The molecule has 0 N–H and O–H groups in total. The largest absolute Gasteiger partial charge is 0.497 e. The molecule has 0 aromatic heterocycles. The highest BCUT2D eigenvalue weighted by Crippen LogP contribution is 2.25. The van der Waals surface area contributed by atoms with E-state index in [1.54, 1.807) is 13.2 Å². The molecule has 1 aromatic carbocycles. The molecule has 0 heterocycles. The zero-order valence-corrected chi connectivity index (χ0v) is 8.22. The normalized spacial score (nSPS) is 9.67. The maximum Gasteiger partial charge on any atom is 0.122 e. The average molecular weight is 186 g/mol. The lowest BCUT2D eigenvalue weighted by molar-refractivity contribution is 0.415. The molecule has 1 aromatic rings. The first-order valence-electron chi connectivity index (χ1n) is 3.65. The molecule has 0 spiro atoms. The Hall–Kier alpha value is -0.890. The highest BCUT2D eigenvalue weighted by Gasteiger charge is 2.00. The van der Waals surface area contributed by atoms with Crippen LogP contribution in [0.5, 0.6) is 5.75 Å². The highest BCUT2D eigenvalue weighted by molar-refractivity contribution is 6.31. The van der Waals surface area contributed by atoms with Gasteiger partial charge in [0.15, 0.2) is 0 Å². The summed E-state index contributed by atoms with van der Waals surface area (Å²) in [4.78, 5) is 1.98. The summed E-state index contributed by atoms with van der Waals surface area (Å²) < 4.78 is 5.07. The maximum absolute atomic E-state index is 5.87. The van der Waals surface area contributed by atoms with Crippen LogP contribution in [0.2, 0.25) is 5.02 Å². The third kappa shape index (κ3) is 2.05. The van der Waals surface area contributed by atoms with Crippen LogP contribution in [0.1, 0.15) is 0 Å². The zero-order valence-electron chi connectivity index (χ0n) is 7.47. The number of methoxy groups -OCH3 is 1. The summed E-state index contributed by atoms with van der Waals surface area (Å²) in [7, 11) is 5.56. The van der Waals surface area contributed by atoms with E-state index in [2.05, 4.69) is 0 Å². The van der Waals surface area contributed by atoms with Gasteiger partial charge < -0.3 is 9.64 Å². The van der Waals surface area contributed by atoms with Crippen molar-refractivity contribution in [2.24, 2.45) is 0 Å². The molecule has 66 valence electrons. The molecule has 0 radical (unpaired) electrons. The molecule has 2 nitrogen and oxygen atoms in total. The fraction of sp³-hybridized carbons (Fsp3) is 0.333. The highest BCUT2D eigenvalue weighted by atomic mass is 35.5. The fourth-order valence-corrected chi connectivity index (χ4v) is 1.14. The Morgan fingerprint density at radius 3 is 2.42 bits per heavy atom. The van der Waals surface area contributed by atoms with Crippen LogP contribution in [-0.4, -0.2) is 21.2 Å². The molecule has 1 rings (SSSR count). The van der Waals surface area contributed by atoms with Crippen molar-refractivity contribution in [1.82, 2.24) is 0 Å². The molecule has 0 bridgehead atoms. The summed E-state index contributed by atoms with van der Waals surface area (Å²) in [6.07, 6.45) is 0. The van der Waals surface area contributed by atoms with E-state index >= 15 is 0 Å². The topological polar surface area (TPSA) is 12.5 Å². The van der Waals surface area contributed by atoms with Crippen LogP contribution in [-0.2, 0) is 0 Å². The molecule has 0 saturated heterocycles. The third-order valence-corrected chi connectivity index (χ3v) is 1.83. The number of rotatable bonds is 2. The van der Waals surface area contributed by atoms with Crippen LogP contribution < -0.4 is 9.64 Å². The summed E-state index contributed by atoms with van der Waals surface area (Å²) in [6.45, 7) is 0. The van der Waals surface area contributed by atoms with Crippen molar-refractivity contribution in [2.75, 3.05) is 26.1 Å². The molecule has 0 aliphatic rings. The number of hydrogen-bond donors (Lipinski definition) is 0. The molecule has 0 aliphatic carbocycles. The molecule has 0 saturated carbocycles. The standard InChI is InChI=1S/C9H12ClNO/c1-11(2)8-4-7(10)5-9(6-8)12-3/h4-6H,1-3H3. The zero-order chi connectivity index (χ0) is 9.14. The second-order valence-corrected chi connectivity index (χ2v) is 3.18. The summed E-state index contributed by atoms with van der Waals surface area (Å²) >= 11 is 5.87. The molecule has 12 heavy (non-hydrogen) atoms. The van der Waals surface area contributed by atoms with Crippen molar-refractivity contribution in [3.8, 4) is 5.75 Å². The van der Waals surface area contributed by atoms with Gasteiger partial charge in [0.05, 0.1) is 7.11 Å². The van der Waals surface area contributed by atoms with Gasteiger partial charge in [0.1, 0.15) is 5.75 Å². The van der Waals surface area contributed by atoms with Crippen molar-refractivity contribution >= 4 is 17.3 Å². The van der Waals surface area contributed by atoms with Crippen LogP contribution in [0, 0.1) is 0 Å². The Morgan fingerprint density at radius 2 is 1.92 bits per heavy atom. The van der Waals surface area contributed by atoms with Gasteiger partial charge in [0.2, 0.25) is 0 Å². The Balaban J connectivity index is 3.06. The quantitative estimate of drug-likeness (QED) is 0.702. The number of hydrogen-bond acceptors (Lipinski definition) is 2. The lowest BCUT2D eigenvalue weighted by Gasteiger charge is -2.13. The van der Waals surface area contributed by atoms with Gasteiger partial charge in [-0.05, 0) is 12.1 Å². The smallest absolute Gasteiger partial charge is 0.122 e. The van der Waals surface area contributed by atoms with Crippen LogP contribution in [0.25, 0.3) is 0 Å². The Bertz CT molecular complexity index is 273. The molecule has 0 amide bonds. The average Bonchev–Trinajstić information content (AvgIpc) is 2.03. The first-order chi connectivity index (χ1) is 5.63. The Labute approximate surface area is 77.7 Å². The van der Waals surface area contributed by atoms with Crippen LogP contribution in [0.15, 0.2) is 18.2 Å². The summed E-state index contributed by atoms with van der Waals surface area (Å²) in [5, 5.41) is 0.693. The van der Waals surface area contributed by atoms with Gasteiger partial charge in [-0.2, -0.15) is 0 Å². The minimum atomic E-state index is 0.693. The minimum Gasteiger partial charge on any atom is -0.497 e. The molecule has 3 heteroatoms. The summed E-state index contributed by atoms with van der Waals surface area (Å²) in [6, 6.07) is 5.62. The van der Waals surface area contributed by atoms with Gasteiger partial charge in [-0.25, -0.2) is 0 Å². The Morgan fingerprint density at radius 1 is 1.25 bits per heavy atom. The van der Waals surface area contributed by atoms with Crippen molar-refractivity contribution in [1.29, 1.82) is 0 Å². The number of nitrogens with zero attached hydrogens (tertiary/aromatic N) is 1. The third-order valence-electron chi connectivity index (χ3n) is 1.61. The predicted molar refractivity (Wildman–Crippen MR) is 52.3 cm³/mol. The van der Waals surface area contributed by atoms with Gasteiger partial charge in [-0.3, -0.25) is 0 Å². The van der Waals surface area contributed by atoms with Gasteiger partial charge in [-0.15, -0.1) is 0 Å². The fourth-order valence-electron chi connectivity index (χ4n) is 0.924. The summed E-state index contributed by atoms with van der Waals surface area (Å²) in [5.74, 6) is 0.784. The molecule has 0 unspecified atom stereocenters. The number of ether oxygens (including phenoxy) is 1. The van der Waals surface area contributed by atoms with Crippen LogP contribution in [0.3, 0.4) is 0 Å². The second-order valence-electron chi connectivity index (χ2n) is 2.74. The first-order valence-corrected chi connectivity index (χ1v) is 4.03. The molecular formula is C9H12ClNO. The van der Waals surface area contributed by atoms with Crippen molar-refractivity contribution in [2.45, 2.75) is 0 Å². The van der Waals surface area contributed by atoms with E-state index in [9.17, 15) is 0 Å². The lowest BCUT2D eigenvalue weighted by atomic mass is 10.3. The SMILES string of the molecule is COc1cc(Cl)cc(N(C)C)c1. The van der Waals surface area contributed by atoms with Crippen molar-refractivity contribution < 1.29 is 4.74 Å². The first kappa shape index (κ1) is 9.20. The summed E-state index contributed by atoms with van der Waals surface area (Å²) in [5.41, 5.74) is 1.04. The van der Waals surface area contributed by atoms with E-state index in [0.29, 0.717) is 5.02 Å². The van der Waals surface area contributed by atoms with E-state index in [0.717, 1.165) is 11.4 Å². The molecular weight excluding hydrogens is 174 g/mol. The molecule has 0 atom stereocenters. The predicted octanol–water partition coefficient (Wildman–Crippen LogP) is 2.41. The van der Waals surface area contributed by atoms with Gasteiger partial charge in [0.25, 0.3) is 0 Å². The molecule has 0 fully saturated rings. The van der Waals surface area contributed by atoms with E-state index in [1.165, 1.54) is 0 Å². The maximum atomic E-state index is 5.87. The van der Waals surface area contributed by atoms with Gasteiger partial charge >= 0.3 is 0 Å². The van der Waals surface area contributed by atoms with E-state index in [4.69, 9.17) is 16.3 Å². The minimum absolute atomic E-state index is 0.693. The number of benzene rings is 1. The van der Waals surface area contributed by atoms with Crippen LogP contribution >= 0.6 is 11.6 Å². The van der Waals surface area contributed by atoms with Crippen LogP contribution in [0.4, 0.5) is 5.69 Å². The number of anilines is 1. The van der Waals surface area contributed by atoms with E-state index in [1.807, 2.05) is 31.1 Å². The monoisotopic (exact) mass is 185 g/mol. The lowest BCUT2D eigenvalue weighted by Crippen LogP contribution is -2.08.